The lowest BCUT2D eigenvalue weighted by atomic mass is 9.93. The van der Waals surface area contributed by atoms with Crippen molar-refractivity contribution >= 4 is 17.6 Å². The molecule has 1 aliphatic heterocycles. The quantitative estimate of drug-likeness (QED) is 0.837. The Labute approximate surface area is 144 Å². The van der Waals surface area contributed by atoms with E-state index in [9.17, 15) is 9.59 Å². The van der Waals surface area contributed by atoms with Crippen molar-refractivity contribution in [3.8, 4) is 0 Å². The lowest BCUT2D eigenvalue weighted by molar-refractivity contribution is -0.122. The minimum atomic E-state index is -0.0601. The number of rotatable bonds is 6. The molecule has 6 nitrogen and oxygen atoms in total. The summed E-state index contributed by atoms with van der Waals surface area (Å²) in [5.74, 6) is 0.481. The Morgan fingerprint density at radius 3 is 2.46 bits per heavy atom. The number of nitrogens with zero attached hydrogens (tertiary/aromatic N) is 2. The van der Waals surface area contributed by atoms with Gasteiger partial charge in [-0.3, -0.25) is 4.79 Å². The second kappa shape index (κ2) is 9.27. The Morgan fingerprint density at radius 2 is 1.83 bits per heavy atom. The number of urea groups is 1. The number of nitrogens with one attached hydrogen (secondary N) is 2. The highest BCUT2D eigenvalue weighted by Gasteiger charge is 2.24. The second-order valence-corrected chi connectivity index (χ2v) is 6.58. The van der Waals surface area contributed by atoms with E-state index in [4.69, 9.17) is 0 Å². The maximum Gasteiger partial charge on any atom is 0.321 e. The minimum Gasteiger partial charge on any atom is -0.355 e. The van der Waals surface area contributed by atoms with E-state index in [0.717, 1.165) is 25.1 Å². The van der Waals surface area contributed by atoms with Gasteiger partial charge in [-0.05, 0) is 45.0 Å². The molecule has 0 atom stereocenters. The third kappa shape index (κ3) is 6.20. The van der Waals surface area contributed by atoms with Crippen molar-refractivity contribution in [1.29, 1.82) is 0 Å². The highest BCUT2D eigenvalue weighted by atomic mass is 16.2. The third-order valence-corrected chi connectivity index (χ3v) is 4.28. The van der Waals surface area contributed by atoms with Crippen molar-refractivity contribution in [2.75, 3.05) is 45.6 Å². The molecule has 0 aliphatic carbocycles. The van der Waals surface area contributed by atoms with Gasteiger partial charge in [0.1, 0.15) is 0 Å². The average molecular weight is 332 g/mol. The van der Waals surface area contributed by atoms with Crippen LogP contribution in [-0.4, -0.2) is 62.0 Å². The first kappa shape index (κ1) is 18.3. The largest absolute Gasteiger partial charge is 0.355 e. The average Bonchev–Trinajstić information content (AvgIpc) is 2.56. The van der Waals surface area contributed by atoms with Gasteiger partial charge in [0.25, 0.3) is 0 Å². The molecular formula is C18H28N4O2. The number of hydrogen-bond acceptors (Lipinski definition) is 3. The van der Waals surface area contributed by atoms with E-state index in [1.165, 1.54) is 0 Å². The molecule has 2 N–H and O–H groups in total. The summed E-state index contributed by atoms with van der Waals surface area (Å²) in [6.07, 6.45) is 2.31. The van der Waals surface area contributed by atoms with Gasteiger partial charge >= 0.3 is 6.03 Å². The summed E-state index contributed by atoms with van der Waals surface area (Å²) in [4.78, 5) is 28.0. The number of benzene rings is 1. The van der Waals surface area contributed by atoms with Crippen molar-refractivity contribution in [2.45, 2.75) is 19.3 Å². The van der Waals surface area contributed by atoms with Crippen LogP contribution in [0, 0.1) is 5.92 Å². The monoisotopic (exact) mass is 332 g/mol. The van der Waals surface area contributed by atoms with Crippen LogP contribution in [0.5, 0.6) is 0 Å². The molecule has 1 aromatic rings. The number of likely N-dealkylation sites (tertiary alicyclic amines) is 1. The van der Waals surface area contributed by atoms with Gasteiger partial charge in [0, 0.05) is 38.3 Å². The molecule has 24 heavy (non-hydrogen) atoms. The molecule has 1 saturated heterocycles. The predicted molar refractivity (Wildman–Crippen MR) is 95.9 cm³/mol. The minimum absolute atomic E-state index is 0.0601. The lowest BCUT2D eigenvalue weighted by Crippen LogP contribution is -2.42. The SMILES string of the molecule is CN(C)CCNC(=O)CC1CCN(C(=O)Nc2ccccc2)CC1. The standard InChI is InChI=1S/C18H28N4O2/c1-21(2)13-10-19-17(23)14-15-8-11-22(12-9-15)18(24)20-16-6-4-3-5-7-16/h3-7,15H,8-14H2,1-2H3,(H,19,23)(H,20,24). The number of carbonyl (C=O) groups excluding carboxylic acids is 2. The molecule has 1 heterocycles. The van der Waals surface area contributed by atoms with E-state index < -0.39 is 0 Å². The van der Waals surface area contributed by atoms with Crippen LogP contribution in [-0.2, 0) is 4.79 Å². The van der Waals surface area contributed by atoms with Gasteiger partial charge in [0.15, 0.2) is 0 Å². The number of para-hydroxylation sites is 1. The van der Waals surface area contributed by atoms with Crippen LogP contribution in [0.1, 0.15) is 19.3 Å². The first-order valence-electron chi connectivity index (χ1n) is 8.57. The van der Waals surface area contributed by atoms with Crippen LogP contribution in [0.2, 0.25) is 0 Å². The molecule has 0 saturated carbocycles. The summed E-state index contributed by atoms with van der Waals surface area (Å²) in [7, 11) is 3.98. The number of anilines is 1. The van der Waals surface area contributed by atoms with Gasteiger partial charge in [0.2, 0.25) is 5.91 Å². The second-order valence-electron chi connectivity index (χ2n) is 6.58. The number of hydrogen-bond donors (Lipinski definition) is 2. The maximum absolute atomic E-state index is 12.2. The first-order valence-corrected chi connectivity index (χ1v) is 8.57. The fourth-order valence-corrected chi connectivity index (χ4v) is 2.82. The van der Waals surface area contributed by atoms with Crippen LogP contribution >= 0.6 is 0 Å². The molecule has 0 radical (unpaired) electrons. The van der Waals surface area contributed by atoms with Crippen LogP contribution < -0.4 is 10.6 Å². The summed E-state index contributed by atoms with van der Waals surface area (Å²) >= 11 is 0. The van der Waals surface area contributed by atoms with E-state index in [-0.39, 0.29) is 11.9 Å². The molecule has 0 aromatic heterocycles. The summed E-state index contributed by atoms with van der Waals surface area (Å²) in [5.41, 5.74) is 0.810. The zero-order chi connectivity index (χ0) is 17.4. The van der Waals surface area contributed by atoms with Crippen molar-refractivity contribution in [3.63, 3.8) is 0 Å². The highest BCUT2D eigenvalue weighted by Crippen LogP contribution is 2.21. The molecule has 3 amide bonds. The van der Waals surface area contributed by atoms with Crippen LogP contribution in [0.4, 0.5) is 10.5 Å². The predicted octanol–water partition coefficient (Wildman–Crippen LogP) is 2.00. The fourth-order valence-electron chi connectivity index (χ4n) is 2.82. The summed E-state index contributed by atoms with van der Waals surface area (Å²) in [6, 6.07) is 9.42. The molecule has 1 aliphatic rings. The zero-order valence-corrected chi connectivity index (χ0v) is 14.6. The smallest absolute Gasteiger partial charge is 0.321 e. The Hall–Kier alpha value is -2.08. The van der Waals surface area contributed by atoms with Crippen molar-refractivity contribution in [1.82, 2.24) is 15.1 Å². The van der Waals surface area contributed by atoms with Crippen molar-refractivity contribution in [2.24, 2.45) is 5.92 Å². The van der Waals surface area contributed by atoms with Gasteiger partial charge in [-0.1, -0.05) is 18.2 Å². The third-order valence-electron chi connectivity index (χ3n) is 4.28. The van der Waals surface area contributed by atoms with Gasteiger partial charge in [-0.25, -0.2) is 4.79 Å². The van der Waals surface area contributed by atoms with Crippen LogP contribution in [0.15, 0.2) is 30.3 Å². The van der Waals surface area contributed by atoms with Gasteiger partial charge in [-0.2, -0.15) is 0 Å². The summed E-state index contributed by atoms with van der Waals surface area (Å²) in [6.45, 7) is 2.94. The van der Waals surface area contributed by atoms with Crippen molar-refractivity contribution in [3.05, 3.63) is 30.3 Å². The molecule has 0 spiro atoms. The van der Waals surface area contributed by atoms with Gasteiger partial charge in [0.05, 0.1) is 0 Å². The van der Waals surface area contributed by atoms with Gasteiger partial charge in [-0.15, -0.1) is 0 Å². The molecule has 1 fully saturated rings. The number of likely N-dealkylation sites (N-methyl/N-ethyl adjacent to an activating group) is 1. The van der Waals surface area contributed by atoms with Crippen LogP contribution in [0.25, 0.3) is 0 Å². The van der Waals surface area contributed by atoms with Gasteiger partial charge < -0.3 is 20.4 Å². The normalized spacial score (nSPS) is 15.4. The van der Waals surface area contributed by atoms with E-state index in [1.54, 1.807) is 0 Å². The van der Waals surface area contributed by atoms with E-state index in [1.807, 2.05) is 54.2 Å². The Balaban J connectivity index is 1.67. The first-order chi connectivity index (χ1) is 11.5. The fraction of sp³-hybridized carbons (Fsp3) is 0.556. The van der Waals surface area contributed by atoms with E-state index >= 15 is 0 Å². The number of carbonyl (C=O) groups is 2. The van der Waals surface area contributed by atoms with E-state index in [0.29, 0.717) is 32.0 Å². The molecule has 1 aromatic carbocycles. The number of piperidine rings is 1. The lowest BCUT2D eigenvalue weighted by Gasteiger charge is -2.31. The maximum atomic E-state index is 12.2. The number of amides is 3. The molecular weight excluding hydrogens is 304 g/mol. The Morgan fingerprint density at radius 1 is 1.17 bits per heavy atom. The topological polar surface area (TPSA) is 64.7 Å². The molecule has 6 heteroatoms. The molecule has 132 valence electrons. The Bertz CT molecular complexity index is 525. The molecule has 0 bridgehead atoms. The molecule has 0 unspecified atom stereocenters. The van der Waals surface area contributed by atoms with E-state index in [2.05, 4.69) is 10.6 Å². The highest BCUT2D eigenvalue weighted by molar-refractivity contribution is 5.89. The van der Waals surface area contributed by atoms with Crippen LogP contribution in [0.3, 0.4) is 0 Å². The summed E-state index contributed by atoms with van der Waals surface area (Å²) in [5, 5.41) is 5.86. The zero-order valence-electron chi connectivity index (χ0n) is 14.6. The van der Waals surface area contributed by atoms with Crippen molar-refractivity contribution < 1.29 is 9.59 Å². The molecule has 2 rings (SSSR count). The summed E-state index contributed by atoms with van der Waals surface area (Å²) < 4.78 is 0. The Kier molecular flexibility index (Phi) is 7.06.